The molecule has 94 valence electrons. The van der Waals surface area contributed by atoms with Crippen molar-refractivity contribution in [2.24, 2.45) is 23.7 Å². The van der Waals surface area contributed by atoms with E-state index in [9.17, 15) is 9.59 Å². The van der Waals surface area contributed by atoms with Gasteiger partial charge in [-0.05, 0) is 49.9 Å². The Kier molecular flexibility index (Phi) is 2.60. The minimum atomic E-state index is -0.871. The number of fused-ring (bicyclic) bond motifs is 2. The van der Waals surface area contributed by atoms with Crippen molar-refractivity contribution >= 4 is 11.9 Å². The molecular formula is C13H19NO3. The zero-order chi connectivity index (χ0) is 12.0. The van der Waals surface area contributed by atoms with Crippen molar-refractivity contribution in [3.05, 3.63) is 0 Å². The highest BCUT2D eigenvalue weighted by molar-refractivity contribution is 5.85. The molecule has 17 heavy (non-hydrogen) atoms. The summed E-state index contributed by atoms with van der Waals surface area (Å²) in [5, 5.41) is 11.9. The Labute approximate surface area is 101 Å². The molecule has 0 aromatic carbocycles. The summed E-state index contributed by atoms with van der Waals surface area (Å²) >= 11 is 0. The predicted molar refractivity (Wildman–Crippen MR) is 61.2 cm³/mol. The van der Waals surface area contributed by atoms with Crippen molar-refractivity contribution in [3.63, 3.8) is 0 Å². The maximum absolute atomic E-state index is 12.1. The summed E-state index contributed by atoms with van der Waals surface area (Å²) in [4.78, 5) is 23.2. The van der Waals surface area contributed by atoms with E-state index in [1.165, 1.54) is 12.8 Å². The molecule has 2 bridgehead atoms. The normalized spacial score (nSPS) is 36.8. The Hall–Kier alpha value is -1.06. The summed E-state index contributed by atoms with van der Waals surface area (Å²) in [6.45, 7) is 0. The second-order valence-corrected chi connectivity index (χ2v) is 5.94. The standard InChI is InChI=1S/C13H19NO3/c15-12(10-6-7-1-2-9(10)5-7)14-11(13(16)17)8-3-4-8/h7-11H,1-6H2,(H,14,15)(H,16,17). The fourth-order valence-corrected chi connectivity index (χ4v) is 3.64. The Morgan fingerprint density at radius 3 is 2.35 bits per heavy atom. The Morgan fingerprint density at radius 1 is 1.12 bits per heavy atom. The molecule has 4 unspecified atom stereocenters. The van der Waals surface area contributed by atoms with E-state index in [1.807, 2.05) is 0 Å². The predicted octanol–water partition coefficient (Wildman–Crippen LogP) is 1.40. The second kappa shape index (κ2) is 4.00. The van der Waals surface area contributed by atoms with Gasteiger partial charge in [0.1, 0.15) is 6.04 Å². The van der Waals surface area contributed by atoms with Crippen LogP contribution in [0.2, 0.25) is 0 Å². The van der Waals surface area contributed by atoms with Crippen molar-refractivity contribution in [1.82, 2.24) is 5.32 Å². The average molecular weight is 237 g/mol. The van der Waals surface area contributed by atoms with Gasteiger partial charge in [-0.25, -0.2) is 4.79 Å². The van der Waals surface area contributed by atoms with Crippen LogP contribution in [-0.2, 0) is 9.59 Å². The summed E-state index contributed by atoms with van der Waals surface area (Å²) in [5.74, 6) is 0.637. The van der Waals surface area contributed by atoms with Crippen LogP contribution >= 0.6 is 0 Å². The number of carbonyl (C=O) groups excluding carboxylic acids is 1. The molecule has 3 rings (SSSR count). The highest BCUT2D eigenvalue weighted by Gasteiger charge is 2.45. The lowest BCUT2D eigenvalue weighted by molar-refractivity contribution is -0.143. The lowest BCUT2D eigenvalue weighted by Gasteiger charge is -2.23. The van der Waals surface area contributed by atoms with E-state index in [1.54, 1.807) is 0 Å². The van der Waals surface area contributed by atoms with Crippen LogP contribution in [0.5, 0.6) is 0 Å². The smallest absolute Gasteiger partial charge is 0.326 e. The molecule has 0 heterocycles. The minimum absolute atomic E-state index is 0.00324. The monoisotopic (exact) mass is 237 g/mol. The molecule has 0 aromatic rings. The number of hydrogen-bond donors (Lipinski definition) is 2. The first kappa shape index (κ1) is 11.1. The number of amides is 1. The van der Waals surface area contributed by atoms with Crippen molar-refractivity contribution in [2.75, 3.05) is 0 Å². The van der Waals surface area contributed by atoms with Gasteiger partial charge in [-0.2, -0.15) is 0 Å². The first-order chi connectivity index (χ1) is 8.15. The van der Waals surface area contributed by atoms with Crippen LogP contribution in [-0.4, -0.2) is 23.0 Å². The number of hydrogen-bond acceptors (Lipinski definition) is 2. The van der Waals surface area contributed by atoms with Gasteiger partial charge in [-0.15, -0.1) is 0 Å². The van der Waals surface area contributed by atoms with E-state index in [0.29, 0.717) is 5.92 Å². The van der Waals surface area contributed by atoms with Gasteiger partial charge < -0.3 is 10.4 Å². The van der Waals surface area contributed by atoms with E-state index in [-0.39, 0.29) is 17.7 Å². The van der Waals surface area contributed by atoms with Gasteiger partial charge in [-0.1, -0.05) is 6.42 Å². The molecule has 3 saturated carbocycles. The van der Waals surface area contributed by atoms with E-state index in [0.717, 1.165) is 31.6 Å². The van der Waals surface area contributed by atoms with Crippen LogP contribution in [0, 0.1) is 23.7 Å². The molecule has 1 amide bonds. The quantitative estimate of drug-likeness (QED) is 0.776. The summed E-state index contributed by atoms with van der Waals surface area (Å²) in [6.07, 6.45) is 6.46. The molecular weight excluding hydrogens is 218 g/mol. The molecule has 4 nitrogen and oxygen atoms in total. The molecule has 0 spiro atoms. The van der Waals surface area contributed by atoms with E-state index in [4.69, 9.17) is 5.11 Å². The van der Waals surface area contributed by atoms with Crippen LogP contribution in [0.15, 0.2) is 0 Å². The van der Waals surface area contributed by atoms with Gasteiger partial charge in [0.15, 0.2) is 0 Å². The van der Waals surface area contributed by atoms with Gasteiger partial charge in [0.2, 0.25) is 5.91 Å². The SMILES string of the molecule is O=C(NC(C(=O)O)C1CC1)C1CC2CCC1C2. The number of carboxylic acids is 1. The maximum atomic E-state index is 12.1. The van der Waals surface area contributed by atoms with Crippen LogP contribution in [0.1, 0.15) is 38.5 Å². The van der Waals surface area contributed by atoms with Gasteiger partial charge in [-0.3, -0.25) is 4.79 Å². The summed E-state index contributed by atoms with van der Waals surface area (Å²) in [6, 6.07) is -0.637. The first-order valence-electron chi connectivity index (χ1n) is 6.68. The first-order valence-corrected chi connectivity index (χ1v) is 6.68. The molecule has 3 aliphatic carbocycles. The lowest BCUT2D eigenvalue weighted by atomic mass is 9.88. The third-order valence-corrected chi connectivity index (χ3v) is 4.73. The minimum Gasteiger partial charge on any atom is -0.480 e. The van der Waals surface area contributed by atoms with E-state index in [2.05, 4.69) is 5.32 Å². The van der Waals surface area contributed by atoms with Crippen LogP contribution < -0.4 is 5.32 Å². The zero-order valence-electron chi connectivity index (χ0n) is 9.89. The molecule has 0 aliphatic heterocycles. The van der Waals surface area contributed by atoms with E-state index >= 15 is 0 Å². The van der Waals surface area contributed by atoms with Gasteiger partial charge >= 0.3 is 5.97 Å². The largest absolute Gasteiger partial charge is 0.480 e. The maximum Gasteiger partial charge on any atom is 0.326 e. The van der Waals surface area contributed by atoms with Gasteiger partial charge in [0, 0.05) is 5.92 Å². The number of aliphatic carboxylic acids is 1. The van der Waals surface area contributed by atoms with Crippen LogP contribution in [0.25, 0.3) is 0 Å². The fraction of sp³-hybridized carbons (Fsp3) is 0.846. The Bertz CT molecular complexity index is 351. The molecule has 3 aliphatic rings. The Morgan fingerprint density at radius 2 is 1.88 bits per heavy atom. The molecule has 0 aromatic heterocycles. The fourth-order valence-electron chi connectivity index (χ4n) is 3.64. The summed E-state index contributed by atoms with van der Waals surface area (Å²) < 4.78 is 0. The average Bonchev–Trinajstić information content (AvgIpc) is 2.90. The summed E-state index contributed by atoms with van der Waals surface area (Å²) in [7, 11) is 0. The topological polar surface area (TPSA) is 66.4 Å². The van der Waals surface area contributed by atoms with Crippen LogP contribution in [0.3, 0.4) is 0 Å². The molecule has 0 radical (unpaired) electrons. The van der Waals surface area contributed by atoms with Gasteiger partial charge in [0.25, 0.3) is 0 Å². The lowest BCUT2D eigenvalue weighted by Crippen LogP contribution is -2.46. The number of carbonyl (C=O) groups is 2. The van der Waals surface area contributed by atoms with Crippen molar-refractivity contribution < 1.29 is 14.7 Å². The van der Waals surface area contributed by atoms with Crippen molar-refractivity contribution in [3.8, 4) is 0 Å². The second-order valence-electron chi connectivity index (χ2n) is 5.94. The number of carboxylic acid groups (broad SMARTS) is 1. The third-order valence-electron chi connectivity index (χ3n) is 4.73. The number of rotatable bonds is 4. The molecule has 4 atom stereocenters. The highest BCUT2D eigenvalue weighted by Crippen LogP contribution is 2.48. The zero-order valence-corrected chi connectivity index (χ0v) is 9.89. The molecule has 4 heteroatoms. The molecule has 3 fully saturated rings. The van der Waals surface area contributed by atoms with E-state index < -0.39 is 12.0 Å². The highest BCUT2D eigenvalue weighted by atomic mass is 16.4. The van der Waals surface area contributed by atoms with Crippen molar-refractivity contribution in [2.45, 2.75) is 44.6 Å². The molecule has 2 N–H and O–H groups in total. The van der Waals surface area contributed by atoms with Gasteiger partial charge in [0.05, 0.1) is 0 Å². The Balaban J connectivity index is 1.60. The third kappa shape index (κ3) is 2.05. The van der Waals surface area contributed by atoms with Crippen molar-refractivity contribution in [1.29, 1.82) is 0 Å². The summed E-state index contributed by atoms with van der Waals surface area (Å²) in [5.41, 5.74) is 0. The molecule has 0 saturated heterocycles. The number of nitrogens with one attached hydrogen (secondary N) is 1. The van der Waals surface area contributed by atoms with Crippen LogP contribution in [0.4, 0.5) is 0 Å².